The van der Waals surface area contributed by atoms with Gasteiger partial charge in [0, 0.05) is 0 Å². The highest BCUT2D eigenvalue weighted by Crippen LogP contribution is 2.46. The first-order chi connectivity index (χ1) is 6.35. The maximum Gasteiger partial charge on any atom is 0.0988 e. The van der Waals surface area contributed by atoms with Gasteiger partial charge >= 0.3 is 0 Å². The SMILES string of the molecule is C/C=C\OC1CC(C)(C)CC(C)(C)C1. The molecule has 0 aliphatic heterocycles. The number of hydrogen-bond acceptors (Lipinski definition) is 1. The van der Waals surface area contributed by atoms with Gasteiger partial charge in [0.25, 0.3) is 0 Å². The van der Waals surface area contributed by atoms with Gasteiger partial charge in [-0.3, -0.25) is 0 Å². The Labute approximate surface area is 88.5 Å². The minimum atomic E-state index is 0.407. The fraction of sp³-hybridized carbons (Fsp3) is 0.846. The predicted octanol–water partition coefficient (Wildman–Crippen LogP) is 4.14. The van der Waals surface area contributed by atoms with Gasteiger partial charge in [-0.25, -0.2) is 0 Å². The van der Waals surface area contributed by atoms with Crippen molar-refractivity contribution in [1.82, 2.24) is 0 Å². The van der Waals surface area contributed by atoms with E-state index in [9.17, 15) is 0 Å². The van der Waals surface area contributed by atoms with E-state index >= 15 is 0 Å². The molecule has 0 atom stereocenters. The standard InChI is InChI=1S/C13H24O/c1-6-7-14-11-8-12(2,3)10-13(4,5)9-11/h6-7,11H,8-10H2,1-5H3/b7-6-. The van der Waals surface area contributed by atoms with Crippen LogP contribution in [0, 0.1) is 10.8 Å². The molecule has 1 nitrogen and oxygen atoms in total. The first-order valence-corrected chi connectivity index (χ1v) is 5.61. The average molecular weight is 196 g/mol. The minimum absolute atomic E-state index is 0.407. The molecule has 1 rings (SSSR count). The van der Waals surface area contributed by atoms with E-state index in [1.807, 2.05) is 19.3 Å². The first-order valence-electron chi connectivity index (χ1n) is 5.61. The summed E-state index contributed by atoms with van der Waals surface area (Å²) in [6.07, 6.45) is 7.87. The molecule has 1 aliphatic carbocycles. The van der Waals surface area contributed by atoms with Crippen molar-refractivity contribution >= 4 is 0 Å². The molecule has 0 aromatic rings. The van der Waals surface area contributed by atoms with Gasteiger partial charge in [0.1, 0.15) is 0 Å². The molecule has 0 aromatic carbocycles. The van der Waals surface area contributed by atoms with Gasteiger partial charge in [-0.1, -0.05) is 33.8 Å². The van der Waals surface area contributed by atoms with E-state index in [-0.39, 0.29) is 0 Å². The summed E-state index contributed by atoms with van der Waals surface area (Å²) in [6, 6.07) is 0. The van der Waals surface area contributed by atoms with Crippen LogP contribution in [0.4, 0.5) is 0 Å². The second kappa shape index (κ2) is 3.96. The molecule has 1 saturated carbocycles. The summed E-state index contributed by atoms with van der Waals surface area (Å²) in [4.78, 5) is 0. The third kappa shape index (κ3) is 3.36. The Bertz CT molecular complexity index is 197. The van der Waals surface area contributed by atoms with E-state index in [0.717, 1.165) is 0 Å². The smallest absolute Gasteiger partial charge is 0.0988 e. The maximum atomic E-state index is 5.72. The van der Waals surface area contributed by atoms with E-state index in [4.69, 9.17) is 4.74 Å². The summed E-state index contributed by atoms with van der Waals surface area (Å²) in [5.74, 6) is 0. The van der Waals surface area contributed by atoms with Gasteiger partial charge in [0.2, 0.25) is 0 Å². The molecule has 1 fully saturated rings. The van der Waals surface area contributed by atoms with E-state index in [0.29, 0.717) is 16.9 Å². The summed E-state index contributed by atoms with van der Waals surface area (Å²) in [5, 5.41) is 0. The van der Waals surface area contributed by atoms with Gasteiger partial charge in [0.05, 0.1) is 12.4 Å². The molecule has 1 heteroatoms. The van der Waals surface area contributed by atoms with Crippen LogP contribution in [0.1, 0.15) is 53.9 Å². The fourth-order valence-electron chi connectivity index (χ4n) is 3.03. The van der Waals surface area contributed by atoms with Gasteiger partial charge in [-0.05, 0) is 37.0 Å². The van der Waals surface area contributed by atoms with Gasteiger partial charge in [-0.15, -0.1) is 0 Å². The zero-order chi connectivity index (χ0) is 10.8. The molecule has 0 saturated heterocycles. The molecular formula is C13H24O. The first kappa shape index (κ1) is 11.6. The van der Waals surface area contributed by atoms with E-state index < -0.39 is 0 Å². The van der Waals surface area contributed by atoms with Crippen molar-refractivity contribution < 1.29 is 4.74 Å². The zero-order valence-electron chi connectivity index (χ0n) is 10.3. The summed E-state index contributed by atoms with van der Waals surface area (Å²) < 4.78 is 5.72. The summed E-state index contributed by atoms with van der Waals surface area (Å²) in [6.45, 7) is 11.4. The Kier molecular flexibility index (Phi) is 3.28. The molecule has 0 spiro atoms. The van der Waals surface area contributed by atoms with Crippen molar-refractivity contribution in [1.29, 1.82) is 0 Å². The molecular weight excluding hydrogens is 172 g/mol. The lowest BCUT2D eigenvalue weighted by Crippen LogP contribution is -2.37. The normalized spacial score (nSPS) is 26.6. The van der Waals surface area contributed by atoms with Gasteiger partial charge in [0.15, 0.2) is 0 Å². The molecule has 0 radical (unpaired) electrons. The Morgan fingerprint density at radius 2 is 1.57 bits per heavy atom. The maximum absolute atomic E-state index is 5.72. The highest BCUT2D eigenvalue weighted by atomic mass is 16.5. The summed E-state index contributed by atoms with van der Waals surface area (Å²) in [5.41, 5.74) is 0.849. The van der Waals surface area contributed by atoms with Crippen LogP contribution in [0.15, 0.2) is 12.3 Å². The Hall–Kier alpha value is -0.460. The van der Waals surface area contributed by atoms with Crippen molar-refractivity contribution in [2.45, 2.75) is 60.0 Å². The Morgan fingerprint density at radius 1 is 1.07 bits per heavy atom. The molecule has 0 N–H and O–H groups in total. The van der Waals surface area contributed by atoms with Gasteiger partial charge < -0.3 is 4.74 Å². The van der Waals surface area contributed by atoms with Crippen LogP contribution in [0.2, 0.25) is 0 Å². The fourth-order valence-corrected chi connectivity index (χ4v) is 3.03. The third-order valence-electron chi connectivity index (χ3n) is 2.92. The van der Waals surface area contributed by atoms with Crippen molar-refractivity contribution in [3.05, 3.63) is 12.3 Å². The van der Waals surface area contributed by atoms with Crippen molar-refractivity contribution in [3.63, 3.8) is 0 Å². The topological polar surface area (TPSA) is 9.23 Å². The highest BCUT2D eigenvalue weighted by molar-refractivity contribution is 4.90. The van der Waals surface area contributed by atoms with Crippen molar-refractivity contribution in [2.75, 3.05) is 0 Å². The van der Waals surface area contributed by atoms with Crippen LogP contribution < -0.4 is 0 Å². The predicted molar refractivity (Wildman–Crippen MR) is 61.1 cm³/mol. The molecule has 0 heterocycles. The van der Waals surface area contributed by atoms with E-state index in [2.05, 4.69) is 27.7 Å². The largest absolute Gasteiger partial charge is 0.498 e. The lowest BCUT2D eigenvalue weighted by atomic mass is 9.64. The Morgan fingerprint density at radius 3 is 2.00 bits per heavy atom. The lowest BCUT2D eigenvalue weighted by molar-refractivity contribution is -0.00943. The van der Waals surface area contributed by atoms with Crippen LogP contribution in [-0.2, 0) is 4.74 Å². The van der Waals surface area contributed by atoms with Gasteiger partial charge in [-0.2, -0.15) is 0 Å². The lowest BCUT2D eigenvalue weighted by Gasteiger charge is -2.44. The molecule has 1 aliphatic rings. The van der Waals surface area contributed by atoms with Crippen LogP contribution >= 0.6 is 0 Å². The van der Waals surface area contributed by atoms with E-state index in [1.165, 1.54) is 19.3 Å². The molecule has 0 amide bonds. The Balaban J connectivity index is 2.62. The number of allylic oxidation sites excluding steroid dienone is 1. The van der Waals surface area contributed by atoms with Crippen LogP contribution in [0.3, 0.4) is 0 Å². The highest BCUT2D eigenvalue weighted by Gasteiger charge is 2.38. The third-order valence-corrected chi connectivity index (χ3v) is 2.92. The second-order valence-electron chi connectivity index (χ2n) is 6.14. The second-order valence-corrected chi connectivity index (χ2v) is 6.14. The number of ether oxygens (including phenoxy) is 1. The molecule has 0 unspecified atom stereocenters. The minimum Gasteiger partial charge on any atom is -0.498 e. The number of rotatable bonds is 2. The zero-order valence-corrected chi connectivity index (χ0v) is 10.3. The van der Waals surface area contributed by atoms with Crippen LogP contribution in [0.25, 0.3) is 0 Å². The molecule has 14 heavy (non-hydrogen) atoms. The summed E-state index contributed by atoms with van der Waals surface area (Å²) >= 11 is 0. The van der Waals surface area contributed by atoms with Crippen LogP contribution in [-0.4, -0.2) is 6.10 Å². The van der Waals surface area contributed by atoms with Crippen molar-refractivity contribution in [3.8, 4) is 0 Å². The summed E-state index contributed by atoms with van der Waals surface area (Å²) in [7, 11) is 0. The quantitative estimate of drug-likeness (QED) is 0.603. The van der Waals surface area contributed by atoms with Crippen LogP contribution in [0.5, 0.6) is 0 Å². The monoisotopic (exact) mass is 196 g/mol. The molecule has 0 bridgehead atoms. The van der Waals surface area contributed by atoms with E-state index in [1.54, 1.807) is 0 Å². The number of hydrogen-bond donors (Lipinski definition) is 0. The van der Waals surface area contributed by atoms with Crippen molar-refractivity contribution in [2.24, 2.45) is 10.8 Å². The molecule has 82 valence electrons. The molecule has 0 aromatic heterocycles. The average Bonchev–Trinajstić information content (AvgIpc) is 1.94.